The van der Waals surface area contributed by atoms with E-state index >= 15 is 0 Å². The van der Waals surface area contributed by atoms with Gasteiger partial charge in [-0.05, 0) is 46.6 Å². The van der Waals surface area contributed by atoms with Gasteiger partial charge >= 0.3 is 0 Å². The van der Waals surface area contributed by atoms with Gasteiger partial charge < -0.3 is 0 Å². The van der Waals surface area contributed by atoms with Gasteiger partial charge in [0.05, 0.1) is 5.41 Å². The van der Waals surface area contributed by atoms with Gasteiger partial charge in [-0.3, -0.25) is 0 Å². The molecule has 0 aromatic heterocycles. The molecule has 0 nitrogen and oxygen atoms in total. The Bertz CT molecular complexity index is 931. The average molecular weight is 361 g/mol. The Labute approximate surface area is 167 Å². The normalized spacial score (nSPS) is 14.0. The lowest BCUT2D eigenvalue weighted by atomic mass is 9.65. The van der Waals surface area contributed by atoms with Crippen LogP contribution in [0, 0.1) is 0 Å². The summed E-state index contributed by atoms with van der Waals surface area (Å²) in [6.07, 6.45) is 2.67. The summed E-state index contributed by atoms with van der Waals surface area (Å²) in [7, 11) is 0. The van der Waals surface area contributed by atoms with E-state index in [2.05, 4.69) is 115 Å². The maximum absolute atomic E-state index is 2.35. The van der Waals surface area contributed by atoms with E-state index in [0.29, 0.717) is 0 Å². The quantitative estimate of drug-likeness (QED) is 0.338. The Hall–Kier alpha value is -3.12. The van der Waals surface area contributed by atoms with E-state index in [1.54, 1.807) is 0 Å². The summed E-state index contributed by atoms with van der Waals surface area (Å²) in [6.45, 7) is 0. The molecule has 28 heavy (non-hydrogen) atoms. The molecule has 0 amide bonds. The molecule has 0 atom stereocenters. The molecule has 1 saturated carbocycles. The molecule has 0 aliphatic heterocycles. The van der Waals surface area contributed by atoms with Crippen LogP contribution in [0.5, 0.6) is 0 Å². The van der Waals surface area contributed by atoms with Crippen LogP contribution in [-0.4, -0.2) is 0 Å². The molecule has 4 aromatic carbocycles. The SMILES string of the molecule is c1ccc(C(c2ccccc2)(c2ccccc2)c2ccc(C3CC3)cc2)cc1. The minimum Gasteiger partial charge on any atom is -0.0622 e. The molecule has 0 heterocycles. The molecule has 0 heteroatoms. The summed E-state index contributed by atoms with van der Waals surface area (Å²) in [5.41, 5.74) is 6.36. The van der Waals surface area contributed by atoms with Crippen molar-refractivity contribution in [3.8, 4) is 0 Å². The van der Waals surface area contributed by atoms with Crippen LogP contribution in [-0.2, 0) is 5.41 Å². The lowest BCUT2D eigenvalue weighted by molar-refractivity contribution is 0.744. The molecule has 1 aliphatic carbocycles. The van der Waals surface area contributed by atoms with Crippen LogP contribution >= 0.6 is 0 Å². The molecular formula is C28H24. The summed E-state index contributed by atoms with van der Waals surface area (Å²) in [6, 6.07) is 42.1. The van der Waals surface area contributed by atoms with E-state index in [1.807, 2.05) is 0 Å². The standard InChI is InChI=1S/C28H24/c1-4-10-24(11-5-1)28(25-12-6-2-7-13-25,26-14-8-3-9-15-26)27-20-18-23(19-21-27)22-16-17-22/h1-15,18-22H,16-17H2. The average Bonchev–Trinajstić information content (AvgIpc) is 3.63. The minimum atomic E-state index is -0.328. The zero-order chi connectivity index (χ0) is 18.8. The van der Waals surface area contributed by atoms with Gasteiger partial charge in [-0.25, -0.2) is 0 Å². The predicted octanol–water partition coefficient (Wildman–Crippen LogP) is 6.95. The highest BCUT2D eigenvalue weighted by molar-refractivity contribution is 5.59. The molecule has 0 unspecified atom stereocenters. The minimum absolute atomic E-state index is 0.328. The molecule has 1 aliphatic rings. The molecular weight excluding hydrogens is 336 g/mol. The Morgan fingerprint density at radius 2 is 0.786 bits per heavy atom. The van der Waals surface area contributed by atoms with Gasteiger partial charge in [-0.15, -0.1) is 0 Å². The first-order valence-electron chi connectivity index (χ1n) is 10.2. The van der Waals surface area contributed by atoms with Crippen LogP contribution < -0.4 is 0 Å². The van der Waals surface area contributed by atoms with Gasteiger partial charge in [0, 0.05) is 0 Å². The third-order valence-electron chi connectivity index (χ3n) is 6.01. The summed E-state index contributed by atoms with van der Waals surface area (Å²) >= 11 is 0. The van der Waals surface area contributed by atoms with Crippen LogP contribution in [0.3, 0.4) is 0 Å². The van der Waals surface area contributed by atoms with E-state index in [-0.39, 0.29) is 5.41 Å². The maximum atomic E-state index is 2.35. The van der Waals surface area contributed by atoms with Gasteiger partial charge in [0.2, 0.25) is 0 Å². The first-order valence-corrected chi connectivity index (χ1v) is 10.2. The number of rotatable bonds is 5. The zero-order valence-electron chi connectivity index (χ0n) is 16.0. The summed E-state index contributed by atoms with van der Waals surface area (Å²) in [5.74, 6) is 0.772. The van der Waals surface area contributed by atoms with Gasteiger partial charge in [-0.2, -0.15) is 0 Å². The summed E-state index contributed by atoms with van der Waals surface area (Å²) < 4.78 is 0. The fraction of sp³-hybridized carbons (Fsp3) is 0.143. The van der Waals surface area contributed by atoms with Gasteiger partial charge in [0.25, 0.3) is 0 Å². The fourth-order valence-corrected chi connectivity index (χ4v) is 4.49. The maximum Gasteiger partial charge on any atom is 0.0701 e. The van der Waals surface area contributed by atoms with Gasteiger partial charge in [0.1, 0.15) is 0 Å². The molecule has 0 bridgehead atoms. The second-order valence-electron chi connectivity index (χ2n) is 7.74. The van der Waals surface area contributed by atoms with Crippen molar-refractivity contribution in [3.05, 3.63) is 143 Å². The second-order valence-corrected chi connectivity index (χ2v) is 7.74. The van der Waals surface area contributed by atoms with Gasteiger partial charge in [-0.1, -0.05) is 115 Å². The highest BCUT2D eigenvalue weighted by atomic mass is 14.4. The van der Waals surface area contributed by atoms with E-state index in [9.17, 15) is 0 Å². The van der Waals surface area contributed by atoms with E-state index in [0.717, 1.165) is 5.92 Å². The van der Waals surface area contributed by atoms with Crippen LogP contribution in [0.25, 0.3) is 0 Å². The first kappa shape index (κ1) is 17.0. The van der Waals surface area contributed by atoms with Crippen molar-refractivity contribution in [3.63, 3.8) is 0 Å². The van der Waals surface area contributed by atoms with E-state index in [4.69, 9.17) is 0 Å². The lowest BCUT2D eigenvalue weighted by Crippen LogP contribution is -2.30. The zero-order valence-corrected chi connectivity index (χ0v) is 16.0. The predicted molar refractivity (Wildman–Crippen MR) is 117 cm³/mol. The monoisotopic (exact) mass is 360 g/mol. The van der Waals surface area contributed by atoms with Crippen LogP contribution in [0.1, 0.15) is 46.6 Å². The second kappa shape index (κ2) is 7.13. The van der Waals surface area contributed by atoms with Gasteiger partial charge in [0.15, 0.2) is 0 Å². The summed E-state index contributed by atoms with van der Waals surface area (Å²) in [4.78, 5) is 0. The molecule has 5 rings (SSSR count). The Kier molecular flexibility index (Phi) is 4.33. The third kappa shape index (κ3) is 2.86. The van der Waals surface area contributed by atoms with Crippen molar-refractivity contribution in [2.45, 2.75) is 24.2 Å². The largest absolute Gasteiger partial charge is 0.0701 e. The molecule has 0 spiro atoms. The van der Waals surface area contributed by atoms with Crippen LogP contribution in [0.2, 0.25) is 0 Å². The first-order chi connectivity index (χ1) is 13.9. The van der Waals surface area contributed by atoms with Crippen molar-refractivity contribution in [2.24, 2.45) is 0 Å². The Balaban J connectivity index is 1.81. The molecule has 136 valence electrons. The van der Waals surface area contributed by atoms with Crippen LogP contribution in [0.4, 0.5) is 0 Å². The van der Waals surface area contributed by atoms with Crippen molar-refractivity contribution in [2.75, 3.05) is 0 Å². The highest BCUT2D eigenvalue weighted by Crippen LogP contribution is 2.46. The van der Waals surface area contributed by atoms with Crippen molar-refractivity contribution < 1.29 is 0 Å². The Morgan fingerprint density at radius 3 is 1.14 bits per heavy atom. The molecule has 0 saturated heterocycles. The number of hydrogen-bond donors (Lipinski definition) is 0. The molecule has 0 N–H and O–H groups in total. The van der Waals surface area contributed by atoms with E-state index in [1.165, 1.54) is 40.7 Å². The van der Waals surface area contributed by atoms with Crippen LogP contribution in [0.15, 0.2) is 115 Å². The van der Waals surface area contributed by atoms with E-state index < -0.39 is 0 Å². The van der Waals surface area contributed by atoms with Crippen molar-refractivity contribution >= 4 is 0 Å². The fourth-order valence-electron chi connectivity index (χ4n) is 4.49. The highest BCUT2D eigenvalue weighted by Gasteiger charge is 2.38. The van der Waals surface area contributed by atoms with Crippen molar-refractivity contribution in [1.82, 2.24) is 0 Å². The third-order valence-corrected chi connectivity index (χ3v) is 6.01. The topological polar surface area (TPSA) is 0 Å². The lowest BCUT2D eigenvalue weighted by Gasteiger charge is -2.37. The number of hydrogen-bond acceptors (Lipinski definition) is 0. The number of benzene rings is 4. The Morgan fingerprint density at radius 1 is 0.429 bits per heavy atom. The molecule has 4 aromatic rings. The summed E-state index contributed by atoms with van der Waals surface area (Å²) in [5, 5.41) is 0. The smallest absolute Gasteiger partial charge is 0.0622 e. The van der Waals surface area contributed by atoms with Crippen molar-refractivity contribution in [1.29, 1.82) is 0 Å². The molecule has 0 radical (unpaired) electrons. The molecule has 1 fully saturated rings.